The number of rotatable bonds is 10. The summed E-state index contributed by atoms with van der Waals surface area (Å²) in [4.78, 5) is 12.3. The zero-order chi connectivity index (χ0) is 22.2. The molecule has 0 atom stereocenters. The standard InChI is InChI=1S/C22H24ClFN4O2S/c1-3-5-12-30-17-9-6-15(7-10-17)21-26-27-22(28(21)4-2)31-14-20(29)25-16-8-11-19(24)18(23)13-16/h6-11,13H,3-5,12,14H2,1-2H3,(H,25,29). The summed E-state index contributed by atoms with van der Waals surface area (Å²) in [6.07, 6.45) is 2.11. The molecule has 2 aromatic carbocycles. The highest BCUT2D eigenvalue weighted by atomic mass is 35.5. The number of halogens is 2. The van der Waals surface area contributed by atoms with Crippen molar-refractivity contribution in [1.82, 2.24) is 14.8 Å². The summed E-state index contributed by atoms with van der Waals surface area (Å²) in [6.45, 7) is 5.49. The second-order valence-corrected chi connectivity index (χ2v) is 8.09. The number of carbonyl (C=O) groups excluding carboxylic acids is 1. The molecule has 1 N–H and O–H groups in total. The van der Waals surface area contributed by atoms with Gasteiger partial charge in [-0.3, -0.25) is 4.79 Å². The van der Waals surface area contributed by atoms with Crippen molar-refractivity contribution in [3.05, 3.63) is 53.3 Å². The number of hydrogen-bond donors (Lipinski definition) is 1. The lowest BCUT2D eigenvalue weighted by atomic mass is 10.2. The number of aromatic nitrogens is 3. The van der Waals surface area contributed by atoms with Crippen LogP contribution in [0.15, 0.2) is 47.6 Å². The molecule has 1 aromatic heterocycles. The first-order valence-electron chi connectivity index (χ1n) is 10.1. The Morgan fingerprint density at radius 1 is 1.19 bits per heavy atom. The van der Waals surface area contributed by atoms with E-state index in [9.17, 15) is 9.18 Å². The van der Waals surface area contributed by atoms with Crippen molar-refractivity contribution in [3.8, 4) is 17.1 Å². The number of ether oxygens (including phenoxy) is 1. The molecule has 1 heterocycles. The summed E-state index contributed by atoms with van der Waals surface area (Å²) in [5, 5.41) is 11.9. The maximum absolute atomic E-state index is 13.2. The molecular weight excluding hydrogens is 439 g/mol. The van der Waals surface area contributed by atoms with Gasteiger partial charge in [0.1, 0.15) is 11.6 Å². The Morgan fingerprint density at radius 2 is 1.97 bits per heavy atom. The average Bonchev–Trinajstić information content (AvgIpc) is 3.18. The molecule has 0 aliphatic carbocycles. The van der Waals surface area contributed by atoms with E-state index in [1.54, 1.807) is 0 Å². The van der Waals surface area contributed by atoms with Gasteiger partial charge in [0.15, 0.2) is 11.0 Å². The first kappa shape index (κ1) is 23.1. The van der Waals surface area contributed by atoms with Crippen LogP contribution in [0.5, 0.6) is 5.75 Å². The van der Waals surface area contributed by atoms with Gasteiger partial charge in [0.25, 0.3) is 0 Å². The van der Waals surface area contributed by atoms with Crippen LogP contribution >= 0.6 is 23.4 Å². The fraction of sp³-hybridized carbons (Fsp3) is 0.318. The van der Waals surface area contributed by atoms with Crippen molar-refractivity contribution in [2.75, 3.05) is 17.7 Å². The van der Waals surface area contributed by atoms with Crippen LogP contribution in [0.3, 0.4) is 0 Å². The summed E-state index contributed by atoms with van der Waals surface area (Å²) < 4.78 is 20.9. The average molecular weight is 463 g/mol. The van der Waals surface area contributed by atoms with Gasteiger partial charge in [0, 0.05) is 17.8 Å². The quantitative estimate of drug-likeness (QED) is 0.310. The normalized spacial score (nSPS) is 10.8. The number of anilines is 1. The minimum atomic E-state index is -0.529. The summed E-state index contributed by atoms with van der Waals surface area (Å²) in [5.74, 6) is 0.923. The molecule has 6 nitrogen and oxygen atoms in total. The first-order valence-corrected chi connectivity index (χ1v) is 11.4. The smallest absolute Gasteiger partial charge is 0.234 e. The lowest BCUT2D eigenvalue weighted by molar-refractivity contribution is -0.113. The number of hydrogen-bond acceptors (Lipinski definition) is 5. The number of nitrogens with one attached hydrogen (secondary N) is 1. The van der Waals surface area contributed by atoms with Crippen LogP contribution in [0.25, 0.3) is 11.4 Å². The van der Waals surface area contributed by atoms with E-state index >= 15 is 0 Å². The summed E-state index contributed by atoms with van der Waals surface area (Å²) in [5.41, 5.74) is 1.37. The Hall–Kier alpha value is -2.58. The van der Waals surface area contributed by atoms with Gasteiger partial charge in [0.05, 0.1) is 17.4 Å². The molecular formula is C22H24ClFN4O2S. The highest BCUT2D eigenvalue weighted by molar-refractivity contribution is 7.99. The third-order valence-corrected chi connectivity index (χ3v) is 5.70. The molecule has 0 radical (unpaired) electrons. The highest BCUT2D eigenvalue weighted by Gasteiger charge is 2.15. The van der Waals surface area contributed by atoms with E-state index in [0.717, 1.165) is 30.0 Å². The number of carbonyl (C=O) groups is 1. The third kappa shape index (κ3) is 6.21. The fourth-order valence-electron chi connectivity index (χ4n) is 2.83. The van der Waals surface area contributed by atoms with Gasteiger partial charge in [-0.05, 0) is 55.8 Å². The Labute approximate surface area is 190 Å². The second kappa shape index (κ2) is 11.2. The van der Waals surface area contributed by atoms with E-state index in [2.05, 4.69) is 22.4 Å². The van der Waals surface area contributed by atoms with Crippen LogP contribution < -0.4 is 10.1 Å². The molecule has 3 rings (SSSR count). The minimum Gasteiger partial charge on any atom is -0.494 e. The zero-order valence-corrected chi connectivity index (χ0v) is 19.0. The lowest BCUT2D eigenvalue weighted by Gasteiger charge is -2.09. The monoisotopic (exact) mass is 462 g/mol. The number of benzene rings is 2. The second-order valence-electron chi connectivity index (χ2n) is 6.74. The third-order valence-electron chi connectivity index (χ3n) is 4.45. The summed E-state index contributed by atoms with van der Waals surface area (Å²) in [7, 11) is 0. The molecule has 3 aromatic rings. The Morgan fingerprint density at radius 3 is 2.65 bits per heavy atom. The topological polar surface area (TPSA) is 69.0 Å². The Balaban J connectivity index is 1.63. The SMILES string of the molecule is CCCCOc1ccc(-c2nnc(SCC(=O)Nc3ccc(F)c(Cl)c3)n2CC)cc1. The fourth-order valence-corrected chi connectivity index (χ4v) is 3.81. The molecule has 0 aliphatic rings. The predicted molar refractivity (Wildman–Crippen MR) is 122 cm³/mol. The van der Waals surface area contributed by atoms with E-state index < -0.39 is 5.82 Å². The first-order chi connectivity index (χ1) is 15.0. The molecule has 1 amide bonds. The van der Waals surface area contributed by atoms with Crippen molar-refractivity contribution in [2.45, 2.75) is 38.4 Å². The van der Waals surface area contributed by atoms with E-state index in [1.807, 2.05) is 35.8 Å². The lowest BCUT2D eigenvalue weighted by Crippen LogP contribution is -2.14. The molecule has 0 unspecified atom stereocenters. The van der Waals surface area contributed by atoms with Gasteiger partial charge in [0.2, 0.25) is 5.91 Å². The van der Waals surface area contributed by atoms with Crippen LogP contribution in [-0.2, 0) is 11.3 Å². The molecule has 31 heavy (non-hydrogen) atoms. The summed E-state index contributed by atoms with van der Waals surface area (Å²) >= 11 is 7.04. The molecule has 0 fully saturated rings. The predicted octanol–water partition coefficient (Wildman–Crippen LogP) is 5.67. The maximum Gasteiger partial charge on any atom is 0.234 e. The Bertz CT molecular complexity index is 1030. The van der Waals surface area contributed by atoms with Crippen molar-refractivity contribution >= 4 is 35.0 Å². The van der Waals surface area contributed by atoms with Crippen LogP contribution in [0.1, 0.15) is 26.7 Å². The van der Waals surface area contributed by atoms with Crippen LogP contribution in [-0.4, -0.2) is 33.0 Å². The largest absolute Gasteiger partial charge is 0.494 e. The molecule has 0 bridgehead atoms. The minimum absolute atomic E-state index is 0.0393. The Kier molecular flexibility index (Phi) is 8.31. The van der Waals surface area contributed by atoms with Crippen molar-refractivity contribution < 1.29 is 13.9 Å². The van der Waals surface area contributed by atoms with Crippen LogP contribution in [0.4, 0.5) is 10.1 Å². The molecule has 0 saturated carbocycles. The number of nitrogens with zero attached hydrogens (tertiary/aromatic N) is 3. The highest BCUT2D eigenvalue weighted by Crippen LogP contribution is 2.26. The van der Waals surface area contributed by atoms with E-state index in [1.165, 1.54) is 30.0 Å². The number of thioether (sulfide) groups is 1. The van der Waals surface area contributed by atoms with E-state index in [-0.39, 0.29) is 16.7 Å². The van der Waals surface area contributed by atoms with Gasteiger partial charge in [-0.1, -0.05) is 36.7 Å². The molecule has 0 aliphatic heterocycles. The number of unbranched alkanes of at least 4 members (excludes halogenated alkanes) is 1. The molecule has 9 heteroatoms. The van der Waals surface area contributed by atoms with Crippen molar-refractivity contribution in [2.24, 2.45) is 0 Å². The van der Waals surface area contributed by atoms with Crippen molar-refractivity contribution in [3.63, 3.8) is 0 Å². The van der Waals surface area contributed by atoms with Gasteiger partial charge < -0.3 is 14.6 Å². The van der Waals surface area contributed by atoms with Crippen LogP contribution in [0.2, 0.25) is 5.02 Å². The molecule has 0 saturated heterocycles. The van der Waals surface area contributed by atoms with E-state index in [0.29, 0.717) is 24.0 Å². The number of amides is 1. The molecule has 164 valence electrons. The van der Waals surface area contributed by atoms with Crippen LogP contribution in [0, 0.1) is 5.82 Å². The van der Waals surface area contributed by atoms with Gasteiger partial charge in [-0.25, -0.2) is 4.39 Å². The summed E-state index contributed by atoms with van der Waals surface area (Å²) in [6, 6.07) is 11.8. The van der Waals surface area contributed by atoms with E-state index in [4.69, 9.17) is 16.3 Å². The van der Waals surface area contributed by atoms with Crippen molar-refractivity contribution in [1.29, 1.82) is 0 Å². The van der Waals surface area contributed by atoms with Gasteiger partial charge in [-0.15, -0.1) is 10.2 Å². The molecule has 0 spiro atoms. The maximum atomic E-state index is 13.2. The van der Waals surface area contributed by atoms with Gasteiger partial charge >= 0.3 is 0 Å². The zero-order valence-electron chi connectivity index (χ0n) is 17.4. The van der Waals surface area contributed by atoms with Gasteiger partial charge in [-0.2, -0.15) is 0 Å².